The van der Waals surface area contributed by atoms with Crippen molar-refractivity contribution in [2.24, 2.45) is 5.73 Å². The van der Waals surface area contributed by atoms with Crippen LogP contribution in [0.25, 0.3) is 0 Å². The van der Waals surface area contributed by atoms with Gasteiger partial charge in [-0.25, -0.2) is 0 Å². The van der Waals surface area contributed by atoms with E-state index >= 15 is 0 Å². The minimum Gasteiger partial charge on any atom is -0.394 e. The lowest BCUT2D eigenvalue weighted by molar-refractivity contribution is -0.272. The minimum atomic E-state index is -0.666. The first-order chi connectivity index (χ1) is 24.1. The van der Waals surface area contributed by atoms with Crippen molar-refractivity contribution in [3.05, 3.63) is 177 Å². The van der Waals surface area contributed by atoms with Gasteiger partial charge in [0, 0.05) is 5.02 Å². The number of nitrogens with two attached hydrogens (primary N) is 1. The third-order valence-electron chi connectivity index (χ3n) is 8.92. The highest BCUT2D eigenvalue weighted by molar-refractivity contribution is 6.31. The molecular weight excluding hydrogens is 634 g/mol. The summed E-state index contributed by atoms with van der Waals surface area (Å²) in [6, 6.07) is 44.6. The number of hydrogen-bond acceptors (Lipinski definition) is 6. The van der Waals surface area contributed by atoms with E-state index in [-0.39, 0.29) is 6.61 Å². The number of rotatable bonds is 15. The second-order valence-corrected chi connectivity index (χ2v) is 12.9. The first-order valence-electron chi connectivity index (χ1n) is 16.9. The van der Waals surface area contributed by atoms with Crippen molar-refractivity contribution >= 4 is 11.6 Å². The highest BCUT2D eigenvalue weighted by atomic mass is 35.5. The zero-order valence-electron chi connectivity index (χ0n) is 27.6. The van der Waals surface area contributed by atoms with E-state index in [1.807, 2.05) is 103 Å². The Labute approximate surface area is 294 Å². The number of aliphatic hydroxyl groups excluding tert-OH is 1. The molecule has 0 spiro atoms. The molecule has 6 nitrogen and oxygen atoms in total. The van der Waals surface area contributed by atoms with E-state index in [0.717, 1.165) is 39.8 Å². The molecule has 5 aromatic carbocycles. The third-order valence-corrected chi connectivity index (χ3v) is 9.29. The van der Waals surface area contributed by atoms with Crippen molar-refractivity contribution in [3.63, 3.8) is 0 Å². The van der Waals surface area contributed by atoms with Crippen molar-refractivity contribution in [1.82, 2.24) is 0 Å². The van der Waals surface area contributed by atoms with Crippen LogP contribution in [-0.2, 0) is 51.6 Å². The molecule has 1 heterocycles. The Hall–Kier alpha value is -3.85. The number of ether oxygens (including phenoxy) is 4. The second-order valence-electron chi connectivity index (χ2n) is 12.4. The van der Waals surface area contributed by atoms with Gasteiger partial charge in [-0.15, -0.1) is 0 Å². The molecule has 0 radical (unpaired) electrons. The van der Waals surface area contributed by atoms with Crippen molar-refractivity contribution < 1.29 is 24.1 Å². The van der Waals surface area contributed by atoms with Gasteiger partial charge < -0.3 is 29.8 Å². The van der Waals surface area contributed by atoms with Crippen molar-refractivity contribution in [2.75, 3.05) is 13.2 Å². The van der Waals surface area contributed by atoms with E-state index in [1.165, 1.54) is 5.56 Å². The maximum atomic E-state index is 10.7. The van der Waals surface area contributed by atoms with Crippen LogP contribution in [0.15, 0.2) is 133 Å². The Morgan fingerprint density at radius 2 is 1.10 bits per heavy atom. The van der Waals surface area contributed by atoms with Gasteiger partial charge in [0.1, 0.15) is 30.5 Å². The molecule has 254 valence electrons. The Balaban J connectivity index is 1.34. The molecule has 5 aromatic rings. The Kier molecular flexibility index (Phi) is 12.6. The summed E-state index contributed by atoms with van der Waals surface area (Å²) >= 11 is 6.80. The van der Waals surface area contributed by atoms with E-state index in [9.17, 15) is 5.11 Å². The molecule has 1 unspecified atom stereocenters. The van der Waals surface area contributed by atoms with E-state index in [0.29, 0.717) is 37.8 Å². The molecule has 0 amide bonds. The molecule has 3 N–H and O–H groups in total. The number of halogens is 1. The quantitative estimate of drug-likeness (QED) is 0.119. The maximum Gasteiger partial charge on any atom is 0.117 e. The molecule has 1 saturated heterocycles. The molecule has 0 aliphatic carbocycles. The monoisotopic (exact) mass is 677 g/mol. The van der Waals surface area contributed by atoms with Gasteiger partial charge in [-0.1, -0.05) is 139 Å². The van der Waals surface area contributed by atoms with Gasteiger partial charge in [-0.2, -0.15) is 0 Å². The predicted molar refractivity (Wildman–Crippen MR) is 193 cm³/mol. The number of aliphatic hydroxyl groups is 1. The Morgan fingerprint density at radius 3 is 1.63 bits per heavy atom. The second kappa shape index (κ2) is 17.7. The molecule has 5 atom stereocenters. The van der Waals surface area contributed by atoms with Crippen LogP contribution in [-0.4, -0.2) is 42.7 Å². The molecule has 7 heteroatoms. The van der Waals surface area contributed by atoms with Crippen LogP contribution < -0.4 is 5.73 Å². The largest absolute Gasteiger partial charge is 0.394 e. The average molecular weight is 678 g/mol. The highest BCUT2D eigenvalue weighted by Crippen LogP contribution is 2.39. The van der Waals surface area contributed by atoms with Crippen molar-refractivity contribution in [2.45, 2.75) is 63.2 Å². The molecule has 1 fully saturated rings. The van der Waals surface area contributed by atoms with Crippen LogP contribution in [0.1, 0.15) is 45.0 Å². The SMILES string of the molecule is NCCc1ccc(Cc2cc(C3O[C@H](CO)[C@@H](OCc4ccccc4)[C@H](OCc4ccccc4)[C@H]3OCc3ccccc3)ccc2Cl)cc1. The lowest BCUT2D eigenvalue weighted by Gasteiger charge is -2.46. The summed E-state index contributed by atoms with van der Waals surface area (Å²) in [6.45, 7) is 1.40. The fraction of sp³-hybridized carbons (Fsp3) is 0.286. The maximum absolute atomic E-state index is 10.7. The predicted octanol–water partition coefficient (Wildman–Crippen LogP) is 7.62. The van der Waals surface area contributed by atoms with Gasteiger partial charge >= 0.3 is 0 Å². The summed E-state index contributed by atoms with van der Waals surface area (Å²) in [5, 5.41) is 11.4. The number of benzene rings is 5. The summed E-state index contributed by atoms with van der Waals surface area (Å²) in [6.07, 6.45) is -1.49. The van der Waals surface area contributed by atoms with Crippen LogP contribution in [0.5, 0.6) is 0 Å². The van der Waals surface area contributed by atoms with Gasteiger partial charge in [0.05, 0.1) is 26.4 Å². The van der Waals surface area contributed by atoms with Crippen LogP contribution in [0.2, 0.25) is 5.02 Å². The minimum absolute atomic E-state index is 0.248. The first-order valence-corrected chi connectivity index (χ1v) is 17.3. The van der Waals surface area contributed by atoms with Crippen LogP contribution in [0.4, 0.5) is 0 Å². The summed E-state index contributed by atoms with van der Waals surface area (Å²) in [4.78, 5) is 0. The first kappa shape index (κ1) is 35.0. The molecule has 1 aliphatic rings. The summed E-state index contributed by atoms with van der Waals surface area (Å²) < 4.78 is 26.9. The van der Waals surface area contributed by atoms with Crippen molar-refractivity contribution in [1.29, 1.82) is 0 Å². The summed E-state index contributed by atoms with van der Waals surface area (Å²) in [5.74, 6) is 0. The molecule has 49 heavy (non-hydrogen) atoms. The zero-order valence-corrected chi connectivity index (χ0v) is 28.3. The standard InChI is InChI=1S/C42H44ClNO5/c43-37-21-20-35(25-36(37)24-31-18-16-30(17-19-31)22-23-44)39-41(47-28-33-12-6-2-7-13-33)42(48-29-34-14-8-3-9-15-34)40(38(26-45)49-39)46-27-32-10-4-1-5-11-32/h1-21,25,38-42,45H,22-24,26-29,44H2/t38-,39?,40-,41+,42+/m1/s1. The van der Waals surface area contributed by atoms with Gasteiger partial charge in [0.2, 0.25) is 0 Å². The smallest absolute Gasteiger partial charge is 0.117 e. The summed E-state index contributed by atoms with van der Waals surface area (Å²) in [5.41, 5.74) is 13.1. The zero-order chi connectivity index (χ0) is 33.8. The molecular formula is C42H44ClNO5. The molecule has 0 saturated carbocycles. The molecule has 0 aromatic heterocycles. The van der Waals surface area contributed by atoms with E-state index in [2.05, 4.69) is 30.3 Å². The van der Waals surface area contributed by atoms with Gasteiger partial charge in [-0.3, -0.25) is 0 Å². The normalized spacial score (nSPS) is 20.7. The van der Waals surface area contributed by atoms with Gasteiger partial charge in [0.25, 0.3) is 0 Å². The Morgan fingerprint density at radius 1 is 0.592 bits per heavy atom. The Bertz CT molecular complexity index is 1700. The highest BCUT2D eigenvalue weighted by Gasteiger charge is 2.48. The fourth-order valence-electron chi connectivity index (χ4n) is 6.32. The van der Waals surface area contributed by atoms with Gasteiger partial charge in [-0.05, 0) is 64.4 Å². The fourth-order valence-corrected chi connectivity index (χ4v) is 6.51. The number of hydrogen-bond donors (Lipinski definition) is 2. The third kappa shape index (κ3) is 9.44. The summed E-state index contributed by atoms with van der Waals surface area (Å²) in [7, 11) is 0. The lowest BCUT2D eigenvalue weighted by atomic mass is 9.89. The van der Waals surface area contributed by atoms with E-state index in [4.69, 9.17) is 36.3 Å². The van der Waals surface area contributed by atoms with Crippen LogP contribution >= 0.6 is 11.6 Å². The van der Waals surface area contributed by atoms with E-state index < -0.39 is 30.5 Å². The van der Waals surface area contributed by atoms with E-state index in [1.54, 1.807) is 0 Å². The molecule has 1 aliphatic heterocycles. The lowest BCUT2D eigenvalue weighted by Crippen LogP contribution is -2.58. The van der Waals surface area contributed by atoms with Crippen LogP contribution in [0.3, 0.4) is 0 Å². The topological polar surface area (TPSA) is 83.2 Å². The van der Waals surface area contributed by atoms with Crippen molar-refractivity contribution in [3.8, 4) is 0 Å². The van der Waals surface area contributed by atoms with Gasteiger partial charge in [0.15, 0.2) is 0 Å². The molecule has 0 bridgehead atoms. The molecule has 6 rings (SSSR count). The average Bonchev–Trinajstić information content (AvgIpc) is 3.15. The van der Waals surface area contributed by atoms with Crippen LogP contribution in [0, 0.1) is 0 Å².